The number of fused-ring (bicyclic) bond motifs is 2. The van der Waals surface area contributed by atoms with Crippen molar-refractivity contribution in [1.29, 1.82) is 0 Å². The molecular formula is C57H68N8O9S. The number of ether oxygens (including phenoxy) is 3. The van der Waals surface area contributed by atoms with E-state index in [0.29, 0.717) is 114 Å². The van der Waals surface area contributed by atoms with Crippen LogP contribution in [0.2, 0.25) is 0 Å². The first-order valence-corrected chi connectivity index (χ1v) is 27.2. The number of nitrogens with one attached hydrogen (secondary N) is 1. The fraction of sp³-hybridized carbons (Fsp3) is 0.509. The number of aromatic carboxylic acids is 1. The molecular weight excluding hydrogens is 973 g/mol. The summed E-state index contributed by atoms with van der Waals surface area (Å²) in [5.41, 5.74) is 5.41. The van der Waals surface area contributed by atoms with E-state index in [2.05, 4.69) is 28.8 Å². The molecule has 2 aliphatic heterocycles. The Morgan fingerprint density at radius 2 is 1.57 bits per heavy atom. The maximum Gasteiger partial charge on any atom is 0.355 e. The molecule has 0 saturated heterocycles. The van der Waals surface area contributed by atoms with Crippen molar-refractivity contribution in [2.45, 2.75) is 110 Å². The largest absolute Gasteiger partial charge is 0.476 e. The van der Waals surface area contributed by atoms with Crippen LogP contribution in [0.5, 0.6) is 0 Å². The third kappa shape index (κ3) is 11.3. The van der Waals surface area contributed by atoms with Crippen LogP contribution in [-0.4, -0.2) is 130 Å². The second-order valence-electron chi connectivity index (χ2n) is 22.5. The Kier molecular flexibility index (Phi) is 14.8. The maximum atomic E-state index is 13.7. The molecule has 4 fully saturated rings. The van der Waals surface area contributed by atoms with Crippen molar-refractivity contribution in [3.8, 4) is 11.1 Å². The van der Waals surface area contributed by atoms with Gasteiger partial charge in [-0.2, -0.15) is 5.10 Å². The molecule has 4 bridgehead atoms. The van der Waals surface area contributed by atoms with Gasteiger partial charge in [0.15, 0.2) is 10.8 Å². The number of rotatable bonds is 23. The molecule has 75 heavy (non-hydrogen) atoms. The highest BCUT2D eigenvalue weighted by Gasteiger charge is 2.66. The van der Waals surface area contributed by atoms with E-state index < -0.39 is 5.97 Å². The standard InChI is InChI=1S/C57H68N8O9S/c1-38-42(40-16-17-46(60-50(40)52(70)71)63-22-20-39-11-10-12-41(43(39)30-63)51(69)61-53-59-44-13-7-8-14-45(44)75-53)29-58-65(38)37-56-32-54(2)31-55(3,33-56)35-57(34-54,36-56)74-28-27-73-26-25-72-24-23-62(4)47(66)15-6-5-9-21-64-48(67)18-19-49(64)68/h7-8,10-14,16-19,29H,5-6,9,15,20-28,30-37H2,1-4H3,(H,70,71)(H,59,61,69). The molecule has 2 N–H and O–H groups in total. The number of carboxylic acids is 1. The molecule has 4 amide bonds. The molecule has 2 aromatic carbocycles. The number of benzene rings is 2. The lowest BCUT2D eigenvalue weighted by Crippen LogP contribution is -2.64. The van der Waals surface area contributed by atoms with Crippen molar-refractivity contribution in [2.75, 3.05) is 69.9 Å². The normalized spacial score (nSPS) is 23.6. The number of carbonyl (C=O) groups excluding carboxylic acids is 4. The second-order valence-corrected chi connectivity index (χ2v) is 23.5. The number of para-hydroxylation sites is 1. The van der Waals surface area contributed by atoms with Crippen LogP contribution in [0.4, 0.5) is 10.9 Å². The average Bonchev–Trinajstić information content (AvgIpc) is 4.08. The van der Waals surface area contributed by atoms with Gasteiger partial charge in [0.25, 0.3) is 17.7 Å². The molecule has 0 spiro atoms. The van der Waals surface area contributed by atoms with Gasteiger partial charge in [-0.15, -0.1) is 0 Å². The van der Waals surface area contributed by atoms with Gasteiger partial charge in [0.1, 0.15) is 5.82 Å². The smallest absolute Gasteiger partial charge is 0.355 e. The van der Waals surface area contributed by atoms with Crippen molar-refractivity contribution >= 4 is 62.1 Å². The van der Waals surface area contributed by atoms with Gasteiger partial charge in [0.2, 0.25) is 5.91 Å². The van der Waals surface area contributed by atoms with Crippen LogP contribution < -0.4 is 10.2 Å². The quantitative estimate of drug-likeness (QED) is 0.0467. The summed E-state index contributed by atoms with van der Waals surface area (Å²) in [6, 6.07) is 17.3. The number of aromatic nitrogens is 4. The fourth-order valence-corrected chi connectivity index (χ4v) is 14.8. The number of imide groups is 1. The predicted octanol–water partition coefficient (Wildman–Crippen LogP) is 8.49. The van der Waals surface area contributed by atoms with Gasteiger partial charge in [-0.25, -0.2) is 14.8 Å². The molecule has 2 unspecified atom stereocenters. The number of pyridine rings is 1. The highest BCUT2D eigenvalue weighted by Crippen LogP contribution is 2.72. The number of hydrogen-bond acceptors (Lipinski definition) is 13. The second kappa shape index (κ2) is 21.4. The molecule has 396 valence electrons. The van der Waals surface area contributed by atoms with Crippen molar-refractivity contribution in [3.05, 3.63) is 101 Å². The highest BCUT2D eigenvalue weighted by molar-refractivity contribution is 7.22. The third-order valence-electron chi connectivity index (χ3n) is 16.1. The fourth-order valence-electron chi connectivity index (χ4n) is 14.0. The number of carboxylic acid groups (broad SMARTS) is 1. The van der Waals surface area contributed by atoms with Gasteiger partial charge < -0.3 is 29.1 Å². The van der Waals surface area contributed by atoms with E-state index in [4.69, 9.17) is 24.3 Å². The Labute approximate surface area is 441 Å². The first kappa shape index (κ1) is 52.1. The van der Waals surface area contributed by atoms with E-state index in [-0.39, 0.29) is 51.2 Å². The number of unbranched alkanes of at least 4 members (excludes halogenated alkanes) is 2. The molecule has 6 aliphatic rings. The zero-order valence-corrected chi connectivity index (χ0v) is 44.3. The summed E-state index contributed by atoms with van der Waals surface area (Å²) >= 11 is 1.43. The summed E-state index contributed by atoms with van der Waals surface area (Å²) in [6.07, 6.45) is 13.8. The van der Waals surface area contributed by atoms with Crippen LogP contribution in [0.15, 0.2) is 72.9 Å². The van der Waals surface area contributed by atoms with Crippen LogP contribution in [-0.2, 0) is 48.1 Å². The zero-order valence-electron chi connectivity index (χ0n) is 43.5. The lowest BCUT2D eigenvalue weighted by atomic mass is 9.39. The number of hydrogen-bond donors (Lipinski definition) is 2. The van der Waals surface area contributed by atoms with Gasteiger partial charge in [-0.1, -0.05) is 55.9 Å². The summed E-state index contributed by atoms with van der Waals surface area (Å²) < 4.78 is 21.7. The minimum absolute atomic E-state index is 0.0363. The summed E-state index contributed by atoms with van der Waals surface area (Å²) in [4.78, 5) is 77.1. The molecule has 11 rings (SSSR count). The van der Waals surface area contributed by atoms with Gasteiger partial charge in [0.05, 0.1) is 55.0 Å². The van der Waals surface area contributed by atoms with Crippen LogP contribution in [0, 0.1) is 23.2 Å². The van der Waals surface area contributed by atoms with Crippen LogP contribution in [0.3, 0.4) is 0 Å². The van der Waals surface area contributed by atoms with Crippen molar-refractivity contribution in [2.24, 2.45) is 16.2 Å². The molecule has 18 heteroatoms. The van der Waals surface area contributed by atoms with E-state index in [1.165, 1.54) is 28.4 Å². The molecule has 3 aromatic heterocycles. The van der Waals surface area contributed by atoms with E-state index >= 15 is 0 Å². The van der Waals surface area contributed by atoms with Gasteiger partial charge in [-0.05, 0) is 122 Å². The average molecular weight is 1040 g/mol. The van der Waals surface area contributed by atoms with Crippen molar-refractivity contribution < 1.29 is 43.3 Å². The summed E-state index contributed by atoms with van der Waals surface area (Å²) in [5.74, 6) is -1.32. The Morgan fingerprint density at radius 3 is 2.33 bits per heavy atom. The van der Waals surface area contributed by atoms with Gasteiger partial charge >= 0.3 is 5.97 Å². The van der Waals surface area contributed by atoms with Crippen molar-refractivity contribution in [1.82, 2.24) is 29.5 Å². The Hall–Kier alpha value is -6.34. The van der Waals surface area contributed by atoms with E-state index in [1.54, 1.807) is 18.1 Å². The summed E-state index contributed by atoms with van der Waals surface area (Å²) in [5, 5.41) is 19.1. The zero-order chi connectivity index (χ0) is 52.5. The topological polar surface area (TPSA) is 199 Å². The molecule has 5 heterocycles. The number of likely N-dealkylation sites (N-methyl/N-ethyl adjacent to an activating group) is 1. The predicted molar refractivity (Wildman–Crippen MR) is 285 cm³/mol. The molecule has 0 radical (unpaired) electrons. The van der Waals surface area contributed by atoms with E-state index in [9.17, 15) is 29.1 Å². The molecule has 17 nitrogen and oxygen atoms in total. The van der Waals surface area contributed by atoms with E-state index in [0.717, 1.165) is 77.5 Å². The first-order chi connectivity index (χ1) is 36.0. The van der Waals surface area contributed by atoms with Gasteiger partial charge in [0, 0.05) is 80.7 Å². The Balaban J connectivity index is 0.714. The van der Waals surface area contributed by atoms with E-state index in [1.807, 2.05) is 66.4 Å². The van der Waals surface area contributed by atoms with Crippen LogP contribution in [0.25, 0.3) is 21.3 Å². The first-order valence-electron chi connectivity index (χ1n) is 26.4. The molecule has 2 atom stereocenters. The minimum atomic E-state index is -1.12. The Morgan fingerprint density at radius 1 is 0.827 bits per heavy atom. The summed E-state index contributed by atoms with van der Waals surface area (Å²) in [6.45, 7) is 11.6. The molecule has 4 aliphatic carbocycles. The number of anilines is 2. The summed E-state index contributed by atoms with van der Waals surface area (Å²) in [7, 11) is 1.77. The SMILES string of the molecule is Cc1c(-c2ccc(N3CCc4cccc(C(=O)Nc5nc6ccccc6s5)c4C3)nc2C(=O)O)cnn1CC12CC3(C)CC(C)(C1)CC(OCCOCCOCCN(C)C(=O)CCCCCN1C(=O)C=CC1=O)(C3)C2. The lowest BCUT2D eigenvalue weighted by Gasteiger charge is -2.69. The number of nitrogens with zero attached hydrogens (tertiary/aromatic N) is 7. The highest BCUT2D eigenvalue weighted by atomic mass is 32.1. The minimum Gasteiger partial charge on any atom is -0.476 e. The van der Waals surface area contributed by atoms with Gasteiger partial charge in [-0.3, -0.25) is 34.1 Å². The number of amides is 4. The number of carbonyl (C=O) groups is 5. The third-order valence-corrected chi connectivity index (χ3v) is 17.1. The molecule has 4 saturated carbocycles. The Bertz CT molecular complexity index is 2970. The lowest BCUT2D eigenvalue weighted by molar-refractivity contribution is -0.250. The maximum absolute atomic E-state index is 13.7. The van der Waals surface area contributed by atoms with Crippen LogP contribution >= 0.6 is 11.3 Å². The van der Waals surface area contributed by atoms with Crippen molar-refractivity contribution in [3.63, 3.8) is 0 Å². The van der Waals surface area contributed by atoms with Crippen LogP contribution in [0.1, 0.15) is 116 Å². The number of thiazole rings is 1. The molecule has 5 aromatic rings. The monoisotopic (exact) mass is 1040 g/mol.